The number of aromatic nitrogens is 2. The van der Waals surface area contributed by atoms with Gasteiger partial charge in [-0.3, -0.25) is 19.6 Å². The summed E-state index contributed by atoms with van der Waals surface area (Å²) in [5.41, 5.74) is 5.36. The van der Waals surface area contributed by atoms with E-state index in [-0.39, 0.29) is 35.7 Å². The number of rotatable bonds is 17. The van der Waals surface area contributed by atoms with Crippen LogP contribution in [0.25, 0.3) is 6.08 Å². The summed E-state index contributed by atoms with van der Waals surface area (Å²) in [6, 6.07) is 17.8. The zero-order valence-electron chi connectivity index (χ0n) is 38.8. The third-order valence-corrected chi connectivity index (χ3v) is 14.9. The van der Waals surface area contributed by atoms with Crippen molar-refractivity contribution < 1.29 is 33.8 Å². The summed E-state index contributed by atoms with van der Waals surface area (Å²) in [5, 5.41) is 25.7. The first kappa shape index (κ1) is 46.8. The lowest BCUT2D eigenvalue weighted by Gasteiger charge is -2.54. The first-order valence-corrected chi connectivity index (χ1v) is 24.7. The fourth-order valence-corrected chi connectivity index (χ4v) is 10.7. The Labute approximate surface area is 397 Å². The highest BCUT2D eigenvalue weighted by Crippen LogP contribution is 2.43. The van der Waals surface area contributed by atoms with Crippen LogP contribution in [0.3, 0.4) is 0 Å². The Morgan fingerprint density at radius 3 is 2.63 bits per heavy atom. The van der Waals surface area contributed by atoms with Gasteiger partial charge in [-0.1, -0.05) is 50.3 Å². The molecule has 3 saturated heterocycles. The van der Waals surface area contributed by atoms with Crippen molar-refractivity contribution in [2.24, 2.45) is 11.3 Å². The number of allylic oxidation sites excluding steroid dienone is 1. The Morgan fingerprint density at radius 1 is 1.06 bits per heavy atom. The van der Waals surface area contributed by atoms with E-state index in [2.05, 4.69) is 62.9 Å². The second kappa shape index (κ2) is 20.5. The van der Waals surface area contributed by atoms with Crippen LogP contribution in [-0.4, -0.2) is 108 Å². The predicted octanol–water partition coefficient (Wildman–Crippen LogP) is 8.60. The second-order valence-electron chi connectivity index (χ2n) is 19.5. The zero-order valence-corrected chi connectivity index (χ0v) is 39.7. The molecule has 2 aromatic carbocycles. The number of carbonyl (C=O) groups is 1. The summed E-state index contributed by atoms with van der Waals surface area (Å²) in [4.78, 5) is 40.5. The number of fused-ring (bicyclic) bond motifs is 1. The number of likely N-dealkylation sites (tertiary alicyclic amines) is 1. The fraction of sp³-hybridized carbons (Fsp3) is 0.510. The number of carbonyl (C=O) groups excluding carboxylic acids is 1. The molecule has 3 N–H and O–H groups in total. The van der Waals surface area contributed by atoms with Gasteiger partial charge in [-0.2, -0.15) is 0 Å². The lowest BCUT2D eigenvalue weighted by Crippen LogP contribution is -2.60. The maximum absolute atomic E-state index is 14.2. The number of piperidine rings is 1. The summed E-state index contributed by atoms with van der Waals surface area (Å²) >= 11 is 0.949. The molecule has 9 rings (SSSR count). The molecule has 1 atom stereocenters. The Balaban J connectivity index is 0.900. The minimum Gasteiger partial charge on any atom is -0.472 e. The molecule has 4 aromatic rings. The number of nitro groups is 1. The molecular formula is C51H63N7O8S. The molecule has 2 aromatic heterocycles. The number of amides is 1. The maximum Gasteiger partial charge on any atom is 0.312 e. The number of hydrogen-bond acceptors (Lipinski definition) is 14. The van der Waals surface area contributed by atoms with Crippen LogP contribution in [0.1, 0.15) is 98.0 Å². The summed E-state index contributed by atoms with van der Waals surface area (Å²) < 4.78 is 27.3. The molecule has 0 bridgehead atoms. The number of aliphatic hydroxyl groups is 1. The molecule has 3 aliphatic heterocycles. The Bertz CT molecular complexity index is 2430. The average Bonchev–Trinajstić information content (AvgIpc) is 3.79. The first-order chi connectivity index (χ1) is 32.4. The minimum atomic E-state index is -0.662. The van der Waals surface area contributed by atoms with Crippen molar-refractivity contribution in [1.82, 2.24) is 19.6 Å². The van der Waals surface area contributed by atoms with Gasteiger partial charge >= 0.3 is 5.69 Å². The molecule has 1 spiro atoms. The summed E-state index contributed by atoms with van der Waals surface area (Å²) in [6.45, 7) is 13.6. The standard InChI is InChI=1S/C51H63N7O8S/c1-34(2)41-9-5-4-7-36(41)15-20-56-32-51(33-56)18-21-57(22-19-51)38-11-12-42(45(26-38)66-46-25-37-8-6-10-43(37)54-49(46)65-31-39-30-63-23-24-64-39)48(59)55-67-40-27-44(58(61)62)47(53-29-40)52-28-35-13-16-50(3,60)17-14-35/h4-9,11-12,25-27,29,34-35,39,60H,10,13-24,28,30-33H2,1-3H3,(H,52,53)(H,55,59)/t35?,39-,50?/m0/s1. The van der Waals surface area contributed by atoms with E-state index in [9.17, 15) is 20.0 Å². The van der Waals surface area contributed by atoms with Crippen LogP contribution < -0.4 is 24.4 Å². The van der Waals surface area contributed by atoms with E-state index in [1.54, 1.807) is 6.07 Å². The van der Waals surface area contributed by atoms with Crippen LogP contribution >= 0.6 is 11.9 Å². The van der Waals surface area contributed by atoms with E-state index in [1.165, 1.54) is 23.4 Å². The normalized spacial score (nSPS) is 22.3. The highest BCUT2D eigenvalue weighted by Gasteiger charge is 2.44. The molecule has 15 nitrogen and oxygen atoms in total. The van der Waals surface area contributed by atoms with Crippen LogP contribution in [-0.2, 0) is 22.3 Å². The smallest absolute Gasteiger partial charge is 0.312 e. The van der Waals surface area contributed by atoms with Gasteiger partial charge in [0, 0.05) is 69.7 Å². The van der Waals surface area contributed by atoms with E-state index in [4.69, 9.17) is 23.9 Å². The quantitative estimate of drug-likeness (QED) is 0.0522. The van der Waals surface area contributed by atoms with Crippen LogP contribution in [0.5, 0.6) is 17.4 Å². The van der Waals surface area contributed by atoms with Gasteiger partial charge in [-0.25, -0.2) is 9.97 Å². The molecule has 67 heavy (non-hydrogen) atoms. The Kier molecular flexibility index (Phi) is 14.4. The van der Waals surface area contributed by atoms with Crippen molar-refractivity contribution in [3.63, 3.8) is 0 Å². The Hall–Kier alpha value is -5.26. The van der Waals surface area contributed by atoms with E-state index in [0.717, 1.165) is 93.7 Å². The molecule has 1 amide bonds. The van der Waals surface area contributed by atoms with Crippen molar-refractivity contribution in [1.29, 1.82) is 0 Å². The number of benzene rings is 2. The van der Waals surface area contributed by atoms with Gasteiger partial charge in [-0.15, -0.1) is 0 Å². The third-order valence-electron chi connectivity index (χ3n) is 14.1. The number of hydrogen-bond donors (Lipinski definition) is 3. The van der Waals surface area contributed by atoms with Crippen LogP contribution in [0.15, 0.2) is 71.8 Å². The molecule has 2 aliphatic carbocycles. The summed E-state index contributed by atoms with van der Waals surface area (Å²) in [6.07, 6.45) is 12.2. The molecule has 4 fully saturated rings. The summed E-state index contributed by atoms with van der Waals surface area (Å²) in [7, 11) is 0. The van der Waals surface area contributed by atoms with Crippen molar-refractivity contribution >= 4 is 41.1 Å². The highest BCUT2D eigenvalue weighted by molar-refractivity contribution is 7.98. The van der Waals surface area contributed by atoms with Crippen molar-refractivity contribution in [2.45, 2.75) is 94.7 Å². The number of nitrogens with zero attached hydrogens (tertiary/aromatic N) is 5. The van der Waals surface area contributed by atoms with Gasteiger partial charge in [0.15, 0.2) is 5.75 Å². The SMILES string of the molecule is CC(C)c1ccccc1CCN1CC2(CCN(c3ccc(C(=O)NSc4cnc(NCC5CCC(C)(O)CC5)c([N+](=O)[O-])c4)c(Oc4cc5c(nc4OC[C@@H]4COCCO4)CC=C5)c3)CC2)C1. The third kappa shape index (κ3) is 11.4. The Morgan fingerprint density at radius 2 is 1.87 bits per heavy atom. The van der Waals surface area contributed by atoms with Gasteiger partial charge in [0.25, 0.3) is 11.8 Å². The number of ether oxygens (including phenoxy) is 4. The molecular weight excluding hydrogens is 871 g/mol. The number of nitrogens with one attached hydrogen (secondary N) is 2. The van der Waals surface area contributed by atoms with Gasteiger partial charge in [0.1, 0.15) is 18.5 Å². The lowest BCUT2D eigenvalue weighted by atomic mass is 9.71. The van der Waals surface area contributed by atoms with E-state index in [1.807, 2.05) is 37.3 Å². The molecule has 5 heterocycles. The molecule has 5 aliphatic rings. The lowest BCUT2D eigenvalue weighted by molar-refractivity contribution is -0.384. The molecule has 356 valence electrons. The van der Waals surface area contributed by atoms with Crippen molar-refractivity contribution in [3.05, 3.63) is 105 Å². The van der Waals surface area contributed by atoms with E-state index in [0.29, 0.717) is 79.2 Å². The van der Waals surface area contributed by atoms with Gasteiger partial charge < -0.3 is 39.2 Å². The van der Waals surface area contributed by atoms with Crippen LogP contribution in [0.4, 0.5) is 17.2 Å². The molecule has 1 saturated carbocycles. The number of pyridine rings is 2. The van der Waals surface area contributed by atoms with Crippen molar-refractivity contribution in [3.8, 4) is 17.4 Å². The van der Waals surface area contributed by atoms with Crippen molar-refractivity contribution in [2.75, 3.05) is 75.9 Å². The average molecular weight is 934 g/mol. The van der Waals surface area contributed by atoms with E-state index < -0.39 is 16.4 Å². The van der Waals surface area contributed by atoms with Gasteiger partial charge in [0.05, 0.1) is 46.5 Å². The van der Waals surface area contributed by atoms with E-state index >= 15 is 0 Å². The molecule has 16 heteroatoms. The largest absolute Gasteiger partial charge is 0.472 e. The topological polar surface area (TPSA) is 174 Å². The van der Waals surface area contributed by atoms with Crippen LogP contribution in [0.2, 0.25) is 0 Å². The highest BCUT2D eigenvalue weighted by atomic mass is 32.2. The minimum absolute atomic E-state index is 0.171. The van der Waals surface area contributed by atoms with Crippen LogP contribution in [0, 0.1) is 21.4 Å². The predicted molar refractivity (Wildman–Crippen MR) is 259 cm³/mol. The summed E-state index contributed by atoms with van der Waals surface area (Å²) in [5.74, 6) is 1.50. The number of anilines is 2. The fourth-order valence-electron chi connectivity index (χ4n) is 10.1. The first-order valence-electron chi connectivity index (χ1n) is 23.9. The maximum atomic E-state index is 14.2. The molecule has 0 unspecified atom stereocenters. The zero-order chi connectivity index (χ0) is 46.5. The monoisotopic (exact) mass is 933 g/mol. The second-order valence-corrected chi connectivity index (χ2v) is 20.4. The van der Waals surface area contributed by atoms with Gasteiger partial charge in [0.2, 0.25) is 5.82 Å². The van der Waals surface area contributed by atoms with Gasteiger partial charge in [-0.05, 0) is 116 Å². The molecule has 0 radical (unpaired) electrons.